The molecule has 1 aliphatic rings. The van der Waals surface area contributed by atoms with Gasteiger partial charge in [0.05, 0.1) is 12.2 Å². The quantitative estimate of drug-likeness (QED) is 0.924. The Hall–Kier alpha value is -2.22. The molecule has 7 nitrogen and oxygen atoms in total. The van der Waals surface area contributed by atoms with Crippen molar-refractivity contribution < 1.29 is 14.7 Å². The van der Waals surface area contributed by atoms with E-state index in [1.165, 1.54) is 21.3 Å². The molecule has 22 heavy (non-hydrogen) atoms. The Balaban J connectivity index is 1.75. The van der Waals surface area contributed by atoms with Gasteiger partial charge in [-0.3, -0.25) is 4.79 Å². The third-order valence-corrected chi connectivity index (χ3v) is 4.85. The minimum absolute atomic E-state index is 0.0102. The lowest BCUT2D eigenvalue weighted by Crippen LogP contribution is -2.41. The summed E-state index contributed by atoms with van der Waals surface area (Å²) >= 11 is 1.74. The highest BCUT2D eigenvalue weighted by Gasteiger charge is 2.30. The van der Waals surface area contributed by atoms with Crippen molar-refractivity contribution in [2.24, 2.45) is 0 Å². The number of carboxylic acids is 1. The summed E-state index contributed by atoms with van der Waals surface area (Å²) < 4.78 is 1.28. The van der Waals surface area contributed by atoms with Gasteiger partial charge < -0.3 is 10.0 Å². The second-order valence-corrected chi connectivity index (χ2v) is 6.17. The van der Waals surface area contributed by atoms with Crippen molar-refractivity contribution in [2.45, 2.75) is 32.4 Å². The lowest BCUT2D eigenvalue weighted by molar-refractivity contribution is -0.135. The van der Waals surface area contributed by atoms with Gasteiger partial charge in [-0.05, 0) is 29.9 Å². The molecular formula is C14H16N4O3S. The Morgan fingerprint density at radius 1 is 1.50 bits per heavy atom. The zero-order valence-electron chi connectivity index (χ0n) is 12.1. The number of thiophene rings is 1. The van der Waals surface area contributed by atoms with Gasteiger partial charge in [0.25, 0.3) is 0 Å². The van der Waals surface area contributed by atoms with Crippen LogP contribution in [0, 0.1) is 0 Å². The van der Waals surface area contributed by atoms with Gasteiger partial charge in [0.2, 0.25) is 5.91 Å². The van der Waals surface area contributed by atoms with Gasteiger partial charge in [-0.1, -0.05) is 12.1 Å². The number of rotatable bonds is 4. The molecule has 1 N–H and O–H groups in total. The summed E-state index contributed by atoms with van der Waals surface area (Å²) in [6, 6.07) is 2.18. The molecule has 3 heterocycles. The number of nitrogens with zero attached hydrogens (tertiary/aromatic N) is 4. The maximum atomic E-state index is 12.5. The van der Waals surface area contributed by atoms with Gasteiger partial charge >= 0.3 is 5.97 Å². The van der Waals surface area contributed by atoms with Gasteiger partial charge in [-0.2, -0.15) is 0 Å². The second kappa shape index (κ2) is 5.88. The molecule has 2 aromatic rings. The maximum absolute atomic E-state index is 12.5. The van der Waals surface area contributed by atoms with Crippen LogP contribution in [0.1, 0.15) is 40.3 Å². The number of carbonyl (C=O) groups is 2. The summed E-state index contributed by atoms with van der Waals surface area (Å²) in [7, 11) is 0. The summed E-state index contributed by atoms with van der Waals surface area (Å²) in [4.78, 5) is 26.5. The smallest absolute Gasteiger partial charge is 0.358 e. The van der Waals surface area contributed by atoms with Crippen molar-refractivity contribution in [3.63, 3.8) is 0 Å². The molecule has 1 amide bonds. The Morgan fingerprint density at radius 2 is 2.32 bits per heavy atom. The summed E-state index contributed by atoms with van der Waals surface area (Å²) in [5.41, 5.74) is 1.08. The average Bonchev–Trinajstić information content (AvgIpc) is 3.14. The maximum Gasteiger partial charge on any atom is 0.358 e. The van der Waals surface area contributed by atoms with Crippen molar-refractivity contribution in [2.75, 3.05) is 6.54 Å². The van der Waals surface area contributed by atoms with Crippen LogP contribution < -0.4 is 0 Å². The molecule has 8 heteroatoms. The number of aromatic carboxylic acids is 1. The standard InChI is InChI=1S/C14H16N4O3S/c1-2-11-9-4-6-22-12(9)3-5-18(11)13(19)8-17-7-10(14(20)21)15-16-17/h4,6-7,11H,2-3,5,8H2,1H3,(H,20,21)/t11-/m0/s1. The number of hydrogen-bond donors (Lipinski definition) is 1. The molecule has 0 saturated heterocycles. The van der Waals surface area contributed by atoms with E-state index in [1.54, 1.807) is 11.3 Å². The first-order chi connectivity index (χ1) is 10.6. The third-order valence-electron chi connectivity index (χ3n) is 3.86. The molecule has 0 unspecified atom stereocenters. The van der Waals surface area contributed by atoms with Crippen LogP contribution in [-0.4, -0.2) is 43.4 Å². The van der Waals surface area contributed by atoms with E-state index >= 15 is 0 Å². The van der Waals surface area contributed by atoms with E-state index in [0.29, 0.717) is 6.54 Å². The normalized spacial score (nSPS) is 17.3. The molecular weight excluding hydrogens is 304 g/mol. The van der Waals surface area contributed by atoms with Crippen molar-refractivity contribution >= 4 is 23.2 Å². The molecule has 0 radical (unpaired) electrons. The molecule has 2 aromatic heterocycles. The van der Waals surface area contributed by atoms with Gasteiger partial charge in [-0.15, -0.1) is 16.4 Å². The molecule has 0 fully saturated rings. The summed E-state index contributed by atoms with van der Waals surface area (Å²) in [6.45, 7) is 2.76. The largest absolute Gasteiger partial charge is 0.476 e. The van der Waals surface area contributed by atoms with E-state index in [9.17, 15) is 9.59 Å². The first-order valence-corrected chi connectivity index (χ1v) is 7.97. The third kappa shape index (κ3) is 2.61. The fourth-order valence-electron chi connectivity index (χ4n) is 2.84. The SMILES string of the molecule is CC[C@H]1c2ccsc2CCN1C(=O)Cn1cc(C(=O)O)nn1. The van der Waals surface area contributed by atoms with Gasteiger partial charge in [0, 0.05) is 11.4 Å². The summed E-state index contributed by atoms with van der Waals surface area (Å²) in [5, 5.41) is 18.1. The number of fused-ring (bicyclic) bond motifs is 1. The van der Waals surface area contributed by atoms with E-state index in [2.05, 4.69) is 28.7 Å². The van der Waals surface area contributed by atoms with Gasteiger partial charge in [0.15, 0.2) is 5.69 Å². The van der Waals surface area contributed by atoms with E-state index in [1.807, 2.05) is 4.90 Å². The fourth-order valence-corrected chi connectivity index (χ4v) is 3.77. The molecule has 1 aliphatic heterocycles. The van der Waals surface area contributed by atoms with Crippen molar-refractivity contribution in [1.82, 2.24) is 19.9 Å². The van der Waals surface area contributed by atoms with Crippen molar-refractivity contribution in [1.29, 1.82) is 0 Å². The Bertz CT molecular complexity index is 709. The van der Waals surface area contributed by atoms with Crippen molar-refractivity contribution in [3.05, 3.63) is 33.8 Å². The van der Waals surface area contributed by atoms with Gasteiger partial charge in [-0.25, -0.2) is 9.48 Å². The van der Waals surface area contributed by atoms with E-state index < -0.39 is 5.97 Å². The monoisotopic (exact) mass is 320 g/mol. The predicted molar refractivity (Wildman–Crippen MR) is 79.7 cm³/mol. The predicted octanol–water partition coefficient (Wildman–Crippen LogP) is 1.57. The molecule has 1 atom stereocenters. The molecule has 116 valence electrons. The summed E-state index contributed by atoms with van der Waals surface area (Å²) in [6.07, 6.45) is 3.00. The number of hydrogen-bond acceptors (Lipinski definition) is 5. The Kier molecular flexibility index (Phi) is 3.93. The van der Waals surface area contributed by atoms with Crippen LogP contribution >= 0.6 is 11.3 Å². The number of amides is 1. The highest BCUT2D eigenvalue weighted by molar-refractivity contribution is 7.10. The van der Waals surface area contributed by atoms with E-state index in [-0.39, 0.29) is 24.2 Å². The van der Waals surface area contributed by atoms with E-state index in [0.717, 1.165) is 12.8 Å². The lowest BCUT2D eigenvalue weighted by atomic mass is 9.98. The van der Waals surface area contributed by atoms with Crippen LogP contribution in [0.25, 0.3) is 0 Å². The average molecular weight is 320 g/mol. The minimum Gasteiger partial charge on any atom is -0.476 e. The first-order valence-electron chi connectivity index (χ1n) is 7.09. The summed E-state index contributed by atoms with van der Waals surface area (Å²) in [5.74, 6) is -1.21. The van der Waals surface area contributed by atoms with Crippen LogP contribution in [-0.2, 0) is 17.8 Å². The number of aromatic nitrogens is 3. The van der Waals surface area contributed by atoms with Crippen molar-refractivity contribution in [3.8, 4) is 0 Å². The fraction of sp³-hybridized carbons (Fsp3) is 0.429. The van der Waals surface area contributed by atoms with Crippen LogP contribution in [0.5, 0.6) is 0 Å². The molecule has 0 spiro atoms. The van der Waals surface area contributed by atoms with Crippen LogP contribution in [0.3, 0.4) is 0 Å². The highest BCUT2D eigenvalue weighted by Crippen LogP contribution is 2.35. The van der Waals surface area contributed by atoms with Crippen LogP contribution in [0.15, 0.2) is 17.6 Å². The number of carbonyl (C=O) groups excluding carboxylic acids is 1. The topological polar surface area (TPSA) is 88.3 Å². The molecule has 0 saturated carbocycles. The van der Waals surface area contributed by atoms with E-state index in [4.69, 9.17) is 5.11 Å². The lowest BCUT2D eigenvalue weighted by Gasteiger charge is -2.35. The molecule has 0 aliphatic carbocycles. The zero-order valence-corrected chi connectivity index (χ0v) is 12.9. The Morgan fingerprint density at radius 3 is 3.00 bits per heavy atom. The van der Waals surface area contributed by atoms with Crippen LogP contribution in [0.2, 0.25) is 0 Å². The molecule has 3 rings (SSSR count). The molecule has 0 bridgehead atoms. The zero-order chi connectivity index (χ0) is 15.7. The number of carboxylic acid groups (broad SMARTS) is 1. The highest BCUT2D eigenvalue weighted by atomic mass is 32.1. The van der Waals surface area contributed by atoms with Gasteiger partial charge in [0.1, 0.15) is 6.54 Å². The second-order valence-electron chi connectivity index (χ2n) is 5.17. The molecule has 0 aromatic carbocycles. The van der Waals surface area contributed by atoms with Crippen LogP contribution in [0.4, 0.5) is 0 Å². The minimum atomic E-state index is -1.15. The Labute approximate surface area is 131 Å². The first kappa shape index (κ1) is 14.7.